The summed E-state index contributed by atoms with van der Waals surface area (Å²) in [5.41, 5.74) is -0.665. The molecular weight excluding hydrogens is 534 g/mol. The molecule has 11 heteroatoms. The fourth-order valence-corrected chi connectivity index (χ4v) is 3.08. The third-order valence-corrected chi connectivity index (χ3v) is 4.83. The molecule has 0 amide bonds. The second-order valence-corrected chi connectivity index (χ2v) is 7.04. The van der Waals surface area contributed by atoms with E-state index in [0.29, 0.717) is 11.1 Å². The van der Waals surface area contributed by atoms with Gasteiger partial charge in [0.25, 0.3) is 0 Å². The summed E-state index contributed by atoms with van der Waals surface area (Å²) in [4.78, 5) is 0. The van der Waals surface area contributed by atoms with Crippen molar-refractivity contribution in [2.45, 2.75) is 12.8 Å². The Kier molecular flexibility index (Phi) is 9.34. The number of rotatable bonds is 4. The van der Waals surface area contributed by atoms with E-state index in [1.807, 2.05) is 0 Å². The molecule has 4 rings (SSSR count). The largest absolute Gasteiger partial charge is 0.748 e. The smallest absolute Gasteiger partial charge is 0.200 e. The van der Waals surface area contributed by atoms with Gasteiger partial charge >= 0.3 is 0 Å². The second-order valence-electron chi connectivity index (χ2n) is 7.04. The van der Waals surface area contributed by atoms with Gasteiger partial charge in [-0.05, 0) is 12.0 Å². The molecule has 0 aliphatic carbocycles. The summed E-state index contributed by atoms with van der Waals surface area (Å²) < 4.78 is 130. The summed E-state index contributed by atoms with van der Waals surface area (Å²) in [7, 11) is 0. The number of hydrogen-bond acceptors (Lipinski definition) is 0. The molecule has 0 bridgehead atoms. The van der Waals surface area contributed by atoms with Crippen LogP contribution in [0.25, 0.3) is 0 Å². The molecular formula is C24H12F10Fe-6. The molecule has 192 valence electrons. The fourth-order valence-electron chi connectivity index (χ4n) is 3.08. The van der Waals surface area contributed by atoms with E-state index in [9.17, 15) is 43.9 Å². The summed E-state index contributed by atoms with van der Waals surface area (Å²) in [5, 5.41) is 0. The van der Waals surface area contributed by atoms with Crippen molar-refractivity contribution in [2.75, 3.05) is 0 Å². The van der Waals surface area contributed by atoms with Crippen LogP contribution in [0.15, 0.2) is 48.5 Å². The zero-order valence-electron chi connectivity index (χ0n) is 17.2. The quantitative estimate of drug-likeness (QED) is 0.0825. The van der Waals surface area contributed by atoms with Crippen LogP contribution in [0.3, 0.4) is 0 Å². The van der Waals surface area contributed by atoms with Gasteiger partial charge in [-0.1, -0.05) is 0 Å². The first-order chi connectivity index (χ1) is 16.0. The van der Waals surface area contributed by atoms with E-state index >= 15 is 0 Å². The van der Waals surface area contributed by atoms with E-state index in [2.05, 4.69) is 0 Å². The van der Waals surface area contributed by atoms with Gasteiger partial charge in [-0.15, -0.1) is 0 Å². The molecule has 35 heavy (non-hydrogen) atoms. The Bertz CT molecular complexity index is 1140. The van der Waals surface area contributed by atoms with Gasteiger partial charge in [-0.2, -0.15) is 24.1 Å². The minimum atomic E-state index is -2.13. The Labute approximate surface area is 203 Å². The van der Waals surface area contributed by atoms with E-state index in [4.69, 9.17) is 0 Å². The molecule has 0 heterocycles. The first kappa shape index (κ1) is 28.2. The van der Waals surface area contributed by atoms with Crippen LogP contribution in [0.4, 0.5) is 43.9 Å². The van der Waals surface area contributed by atoms with Gasteiger partial charge in [0.1, 0.15) is 0 Å². The number of benzene rings is 2. The molecule has 0 saturated heterocycles. The summed E-state index contributed by atoms with van der Waals surface area (Å²) >= 11 is 0. The maximum absolute atomic E-state index is 13.3. The third-order valence-electron chi connectivity index (χ3n) is 4.83. The predicted molar refractivity (Wildman–Crippen MR) is 102 cm³/mol. The van der Waals surface area contributed by atoms with E-state index in [1.165, 1.54) is 24.3 Å². The monoisotopic (exact) mass is 546 g/mol. The molecule has 0 saturated carbocycles. The van der Waals surface area contributed by atoms with Crippen molar-refractivity contribution in [1.29, 1.82) is 0 Å². The van der Waals surface area contributed by atoms with Crippen LogP contribution in [0, 0.1) is 58.2 Å². The average molecular weight is 546 g/mol. The van der Waals surface area contributed by atoms with Crippen molar-refractivity contribution < 1.29 is 61.0 Å². The van der Waals surface area contributed by atoms with Crippen LogP contribution >= 0.6 is 0 Å². The summed E-state index contributed by atoms with van der Waals surface area (Å²) in [5.74, 6) is -19.0. The van der Waals surface area contributed by atoms with Crippen molar-refractivity contribution in [3.8, 4) is 0 Å². The van der Waals surface area contributed by atoms with Crippen LogP contribution in [0.1, 0.15) is 22.3 Å². The van der Waals surface area contributed by atoms with Crippen LogP contribution in [-0.4, -0.2) is 0 Å². The van der Waals surface area contributed by atoms with Gasteiger partial charge in [0, 0.05) is 22.6 Å². The van der Waals surface area contributed by atoms with E-state index < -0.39 is 69.3 Å². The molecule has 0 aliphatic heterocycles. The molecule has 0 N–H and O–H groups in total. The average Bonchev–Trinajstić information content (AvgIpc) is 3.54. The molecule has 0 atom stereocenters. The van der Waals surface area contributed by atoms with Crippen molar-refractivity contribution >= 4 is 0 Å². The second kappa shape index (κ2) is 11.6. The molecule has 4 aromatic rings. The molecule has 0 fully saturated rings. The minimum absolute atomic E-state index is 0. The Balaban J connectivity index is 0.000000240. The van der Waals surface area contributed by atoms with Gasteiger partial charge in [0.15, 0.2) is 46.5 Å². The molecule has 0 unspecified atom stereocenters. The maximum atomic E-state index is 13.3. The van der Waals surface area contributed by atoms with Crippen LogP contribution < -0.4 is 0 Å². The van der Waals surface area contributed by atoms with Crippen LogP contribution in [0.5, 0.6) is 0 Å². The van der Waals surface area contributed by atoms with Gasteiger partial charge in [-0.25, -0.2) is 56.0 Å². The van der Waals surface area contributed by atoms with Crippen LogP contribution in [-0.2, 0) is 29.9 Å². The fraction of sp³-hybridized carbons (Fsp3) is 0.0833. The Morgan fingerprint density at radius 3 is 1.17 bits per heavy atom. The van der Waals surface area contributed by atoms with E-state index in [1.54, 1.807) is 24.3 Å². The molecule has 0 radical (unpaired) electrons. The van der Waals surface area contributed by atoms with E-state index in [0.717, 1.165) is 0 Å². The Hall–Kier alpha value is -3.04. The first-order valence-electron chi connectivity index (χ1n) is 9.46. The number of hydrogen-bond donors (Lipinski definition) is 0. The normalized spacial score (nSPS) is 10.6. The van der Waals surface area contributed by atoms with Gasteiger partial charge in [0.05, 0.1) is 0 Å². The van der Waals surface area contributed by atoms with Gasteiger partial charge in [-0.3, -0.25) is 0 Å². The standard InChI is InChI=1S/2C12H6F5.Fe/c2*13-8-7(5-6-3-1-2-4-6)9(14)11(16)12(17)10(8)15;/h2*1-4H,5H2;/q-5;-1;. The molecule has 4 aromatic carbocycles. The SMILES string of the molecule is Fc1c(F)c(F)c(C[c-]2[cH-][cH-][cH-][cH-]2)c(F)c1F.Fc1c(F)c(F)c(C[c-]2cccc2)c(F)c1F.[Fe]. The van der Waals surface area contributed by atoms with Gasteiger partial charge in [0.2, 0.25) is 11.6 Å². The zero-order valence-corrected chi connectivity index (χ0v) is 18.3. The number of halogens is 10. The molecule has 0 spiro atoms. The first-order valence-corrected chi connectivity index (χ1v) is 9.46. The topological polar surface area (TPSA) is 0 Å². The summed E-state index contributed by atoms with van der Waals surface area (Å²) in [6.07, 6.45) is -0.669. The van der Waals surface area contributed by atoms with Crippen molar-refractivity contribution in [3.63, 3.8) is 0 Å². The Morgan fingerprint density at radius 1 is 0.486 bits per heavy atom. The molecule has 0 nitrogen and oxygen atoms in total. The van der Waals surface area contributed by atoms with Gasteiger partial charge < -0.3 is 29.8 Å². The zero-order chi connectivity index (χ0) is 25.2. The minimum Gasteiger partial charge on any atom is -0.748 e. The molecule has 0 aliphatic rings. The third kappa shape index (κ3) is 5.79. The van der Waals surface area contributed by atoms with Crippen molar-refractivity contribution in [2.24, 2.45) is 0 Å². The maximum Gasteiger partial charge on any atom is 0.200 e. The van der Waals surface area contributed by atoms with Crippen LogP contribution in [0.2, 0.25) is 0 Å². The van der Waals surface area contributed by atoms with Crippen molar-refractivity contribution in [1.82, 2.24) is 0 Å². The summed E-state index contributed by atoms with van der Waals surface area (Å²) in [6, 6.07) is 12.6. The summed E-state index contributed by atoms with van der Waals surface area (Å²) in [6.45, 7) is 0. The van der Waals surface area contributed by atoms with Crippen molar-refractivity contribution in [3.05, 3.63) is 129 Å². The molecule has 0 aromatic heterocycles. The van der Waals surface area contributed by atoms with E-state index in [-0.39, 0.29) is 29.9 Å². The predicted octanol–water partition coefficient (Wildman–Crippen LogP) is 7.38. The Morgan fingerprint density at radius 2 is 0.800 bits per heavy atom.